The summed E-state index contributed by atoms with van der Waals surface area (Å²) in [4.78, 5) is 26.2. The summed E-state index contributed by atoms with van der Waals surface area (Å²) in [7, 11) is 2.04. The molecule has 0 aliphatic heterocycles. The maximum absolute atomic E-state index is 12.2. The van der Waals surface area contributed by atoms with Gasteiger partial charge in [0.05, 0.1) is 5.69 Å². The number of carboxylic acids is 1. The Hall–Kier alpha value is -2.77. The van der Waals surface area contributed by atoms with Crippen molar-refractivity contribution in [1.29, 1.82) is 0 Å². The van der Waals surface area contributed by atoms with Gasteiger partial charge in [-0.3, -0.25) is 4.79 Å². The van der Waals surface area contributed by atoms with E-state index in [1.807, 2.05) is 13.1 Å². The second kappa shape index (κ2) is 7.57. The second-order valence-electron chi connectivity index (χ2n) is 7.63. The maximum atomic E-state index is 12.2. The molecule has 1 aromatic carbocycles. The number of nitrogens with one attached hydrogen (secondary N) is 2. The van der Waals surface area contributed by atoms with Crippen LogP contribution < -0.4 is 10.9 Å². The first-order valence-electron chi connectivity index (χ1n) is 9.34. The summed E-state index contributed by atoms with van der Waals surface area (Å²) in [5.41, 5.74) is 3.80. The lowest BCUT2D eigenvalue weighted by Crippen LogP contribution is -2.23. The minimum absolute atomic E-state index is 0. The molecule has 154 valence electrons. The van der Waals surface area contributed by atoms with Gasteiger partial charge in [-0.2, -0.15) is 0 Å². The van der Waals surface area contributed by atoms with Crippen molar-refractivity contribution in [3.63, 3.8) is 0 Å². The number of fused-ring (bicyclic) bond motifs is 4. The molecule has 1 aliphatic rings. The molecule has 29 heavy (non-hydrogen) atoms. The van der Waals surface area contributed by atoms with Crippen molar-refractivity contribution in [3.8, 4) is 17.0 Å². The Morgan fingerprint density at radius 1 is 1.28 bits per heavy atom. The number of aromatic carboxylic acids is 1. The van der Waals surface area contributed by atoms with Gasteiger partial charge in [0.2, 0.25) is 0 Å². The molecule has 4 rings (SSSR count). The molecule has 2 heterocycles. The zero-order valence-electron chi connectivity index (χ0n) is 16.5. The lowest BCUT2D eigenvalue weighted by atomic mass is 9.87. The zero-order chi connectivity index (χ0) is 20.2. The van der Waals surface area contributed by atoms with Crippen LogP contribution in [0.2, 0.25) is 0 Å². The first kappa shape index (κ1) is 21.0. The number of hydrogen-bond acceptors (Lipinski definition) is 4. The lowest BCUT2D eigenvalue weighted by Gasteiger charge is -2.21. The number of H-pyrrole nitrogens is 1. The van der Waals surface area contributed by atoms with Gasteiger partial charge in [0, 0.05) is 47.4 Å². The van der Waals surface area contributed by atoms with Crippen molar-refractivity contribution in [1.82, 2.24) is 14.9 Å². The third-order valence-corrected chi connectivity index (χ3v) is 5.48. The van der Waals surface area contributed by atoms with Gasteiger partial charge in [-0.15, -0.1) is 12.4 Å². The van der Waals surface area contributed by atoms with Crippen LogP contribution in [0, 0.1) is 0 Å². The number of hydrogen-bond donors (Lipinski definition) is 4. The van der Waals surface area contributed by atoms with E-state index in [0.29, 0.717) is 30.1 Å². The Labute approximate surface area is 173 Å². The van der Waals surface area contributed by atoms with Crippen LogP contribution in [0.1, 0.15) is 41.0 Å². The number of halogens is 1. The zero-order valence-corrected chi connectivity index (χ0v) is 17.3. The topological polar surface area (TPSA) is 107 Å². The molecule has 0 spiro atoms. The summed E-state index contributed by atoms with van der Waals surface area (Å²) in [5, 5.41) is 24.1. The van der Waals surface area contributed by atoms with Gasteiger partial charge in [-0.1, -0.05) is 13.8 Å². The normalized spacial score (nSPS) is 12.6. The summed E-state index contributed by atoms with van der Waals surface area (Å²) >= 11 is 0. The highest BCUT2D eigenvalue weighted by atomic mass is 35.5. The Kier molecular flexibility index (Phi) is 5.47. The number of rotatable bonds is 4. The number of aryl methyl sites for hydroxylation is 2. The van der Waals surface area contributed by atoms with Crippen molar-refractivity contribution >= 4 is 29.3 Å². The highest BCUT2D eigenvalue weighted by Gasteiger charge is 2.27. The molecule has 0 saturated carbocycles. The van der Waals surface area contributed by atoms with E-state index in [9.17, 15) is 19.8 Å². The van der Waals surface area contributed by atoms with Crippen LogP contribution >= 0.6 is 12.4 Å². The van der Waals surface area contributed by atoms with Crippen molar-refractivity contribution < 1.29 is 15.0 Å². The molecule has 0 radical (unpaired) electrons. The fraction of sp³-hybridized carbons (Fsp3) is 0.333. The largest absolute Gasteiger partial charge is 0.506 e. The number of aromatic amines is 1. The molecule has 7 nitrogen and oxygen atoms in total. The molecule has 0 saturated heterocycles. The van der Waals surface area contributed by atoms with Gasteiger partial charge >= 0.3 is 5.97 Å². The van der Waals surface area contributed by atoms with Crippen molar-refractivity contribution in [2.24, 2.45) is 7.05 Å². The summed E-state index contributed by atoms with van der Waals surface area (Å²) in [5.74, 6) is -1.85. The molecule has 0 amide bonds. The van der Waals surface area contributed by atoms with E-state index in [1.54, 1.807) is 0 Å². The van der Waals surface area contributed by atoms with E-state index in [-0.39, 0.29) is 12.4 Å². The number of carboxylic acid groups (broad SMARTS) is 1. The Morgan fingerprint density at radius 2 is 2.00 bits per heavy atom. The van der Waals surface area contributed by atoms with Crippen LogP contribution in [0.3, 0.4) is 0 Å². The molecule has 2 aromatic heterocycles. The summed E-state index contributed by atoms with van der Waals surface area (Å²) in [6.45, 7) is 4.96. The number of pyridine rings is 1. The van der Waals surface area contributed by atoms with Gasteiger partial charge in [-0.05, 0) is 36.6 Å². The second-order valence-corrected chi connectivity index (χ2v) is 7.63. The molecular formula is C21H24ClN3O4. The standard InChI is InChI=1S/C21H23N3O4.ClH/c1-10(2)22-9-13-6-12-7-15-11(8-16(12)24(13)3)4-5-14-18(15)23-20(26)17(19(14)25)21(27)28;/h6-8,10,22H,4-5,9H2,1-3H3,(H,27,28)(H2,23,25,26);1H. The maximum Gasteiger partial charge on any atom is 0.345 e. The molecule has 1 aliphatic carbocycles. The monoisotopic (exact) mass is 417 g/mol. The number of nitrogens with zero attached hydrogens (tertiary/aromatic N) is 1. The van der Waals surface area contributed by atoms with E-state index in [2.05, 4.69) is 40.8 Å². The summed E-state index contributed by atoms with van der Waals surface area (Å²) < 4.78 is 2.16. The van der Waals surface area contributed by atoms with E-state index >= 15 is 0 Å². The Morgan fingerprint density at radius 3 is 2.66 bits per heavy atom. The lowest BCUT2D eigenvalue weighted by molar-refractivity contribution is 0.0691. The first-order chi connectivity index (χ1) is 13.3. The Balaban J connectivity index is 0.00000240. The summed E-state index contributed by atoms with van der Waals surface area (Å²) in [6.07, 6.45) is 1.14. The molecule has 0 atom stereocenters. The van der Waals surface area contributed by atoms with E-state index in [1.165, 1.54) is 0 Å². The first-order valence-corrected chi connectivity index (χ1v) is 9.34. The van der Waals surface area contributed by atoms with Crippen molar-refractivity contribution in [2.75, 3.05) is 0 Å². The third kappa shape index (κ3) is 3.41. The van der Waals surface area contributed by atoms with Gasteiger partial charge in [-0.25, -0.2) is 4.79 Å². The molecule has 4 N–H and O–H groups in total. The fourth-order valence-electron chi connectivity index (χ4n) is 3.96. The van der Waals surface area contributed by atoms with Crippen LogP contribution in [0.25, 0.3) is 22.2 Å². The van der Waals surface area contributed by atoms with Crippen LogP contribution in [0.5, 0.6) is 5.75 Å². The number of aromatic hydroxyl groups is 1. The highest BCUT2D eigenvalue weighted by molar-refractivity contribution is 5.94. The number of benzene rings is 1. The quantitative estimate of drug-likeness (QED) is 0.522. The van der Waals surface area contributed by atoms with Crippen molar-refractivity contribution in [2.45, 2.75) is 39.3 Å². The van der Waals surface area contributed by atoms with Gasteiger partial charge in [0.25, 0.3) is 5.56 Å². The van der Waals surface area contributed by atoms with Gasteiger partial charge in [0.15, 0.2) is 5.56 Å². The van der Waals surface area contributed by atoms with E-state index < -0.39 is 22.8 Å². The number of aromatic nitrogens is 2. The molecule has 0 bridgehead atoms. The third-order valence-electron chi connectivity index (χ3n) is 5.48. The smallest absolute Gasteiger partial charge is 0.345 e. The molecule has 0 unspecified atom stereocenters. The summed E-state index contributed by atoms with van der Waals surface area (Å²) in [6, 6.07) is 6.63. The van der Waals surface area contributed by atoms with E-state index in [0.717, 1.165) is 34.3 Å². The number of carbonyl (C=O) groups is 1. The highest BCUT2D eigenvalue weighted by Crippen LogP contribution is 2.39. The fourth-order valence-corrected chi connectivity index (χ4v) is 3.96. The molecule has 8 heteroatoms. The van der Waals surface area contributed by atoms with Crippen LogP contribution in [-0.2, 0) is 26.4 Å². The minimum Gasteiger partial charge on any atom is -0.506 e. The molecular weight excluding hydrogens is 394 g/mol. The van der Waals surface area contributed by atoms with Crippen molar-refractivity contribution in [3.05, 3.63) is 50.9 Å². The van der Waals surface area contributed by atoms with Crippen LogP contribution in [-0.4, -0.2) is 31.8 Å². The predicted molar refractivity (Wildman–Crippen MR) is 114 cm³/mol. The average Bonchev–Trinajstić information content (AvgIpc) is 2.93. The average molecular weight is 418 g/mol. The van der Waals surface area contributed by atoms with E-state index in [4.69, 9.17) is 0 Å². The predicted octanol–water partition coefficient (Wildman–Crippen LogP) is 2.96. The minimum atomic E-state index is -1.42. The van der Waals surface area contributed by atoms with Gasteiger partial charge < -0.3 is 25.1 Å². The molecule has 0 fully saturated rings. The Bertz CT molecular complexity index is 1180. The van der Waals surface area contributed by atoms with Gasteiger partial charge in [0.1, 0.15) is 5.75 Å². The van der Waals surface area contributed by atoms with Crippen LogP contribution in [0.15, 0.2) is 23.0 Å². The molecule has 3 aromatic rings. The van der Waals surface area contributed by atoms with Crippen LogP contribution in [0.4, 0.5) is 0 Å². The SMILES string of the molecule is CC(C)NCc1cc2cc3c(cc2n1C)CCc1c-3[nH]c(=O)c(C(=O)O)c1O.Cl.